The van der Waals surface area contributed by atoms with Crippen LogP contribution in [-0.4, -0.2) is 41.6 Å². The number of amides is 1. The number of nitrogens with zero attached hydrogens (tertiary/aromatic N) is 1. The van der Waals surface area contributed by atoms with Crippen LogP contribution in [-0.2, 0) is 4.79 Å². The summed E-state index contributed by atoms with van der Waals surface area (Å²) in [6.45, 7) is 5.10. The highest BCUT2D eigenvalue weighted by molar-refractivity contribution is 5.96. The van der Waals surface area contributed by atoms with Crippen molar-refractivity contribution in [2.24, 2.45) is 11.8 Å². The molecule has 1 fully saturated rings. The molecule has 2 aromatic rings. The lowest BCUT2D eigenvalue weighted by Crippen LogP contribution is -2.29. The summed E-state index contributed by atoms with van der Waals surface area (Å²) in [6.07, 6.45) is 0. The Morgan fingerprint density at radius 3 is 2.62 bits per heavy atom. The Balaban J connectivity index is 1.86. The SMILES string of the molecule is CCOc1ccccc1-c1cccc(C(=O)N2C[C@@H](C)[C@H](C(=O)O)C2)c1. The van der Waals surface area contributed by atoms with Crippen LogP contribution >= 0.6 is 0 Å². The van der Waals surface area contributed by atoms with Gasteiger partial charge in [-0.25, -0.2) is 0 Å². The van der Waals surface area contributed by atoms with Crippen LogP contribution in [0.3, 0.4) is 0 Å². The number of carboxylic acid groups (broad SMARTS) is 1. The van der Waals surface area contributed by atoms with Crippen LogP contribution in [0.15, 0.2) is 48.5 Å². The number of ether oxygens (including phenoxy) is 1. The molecule has 0 aliphatic carbocycles. The van der Waals surface area contributed by atoms with E-state index in [-0.39, 0.29) is 18.4 Å². The highest BCUT2D eigenvalue weighted by Gasteiger charge is 2.37. The van der Waals surface area contributed by atoms with E-state index in [2.05, 4.69) is 0 Å². The minimum atomic E-state index is -0.841. The number of likely N-dealkylation sites (tertiary alicyclic amines) is 1. The predicted molar refractivity (Wildman–Crippen MR) is 99.2 cm³/mol. The Bertz CT molecular complexity index is 817. The van der Waals surface area contributed by atoms with Crippen LogP contribution in [0.5, 0.6) is 5.75 Å². The average molecular weight is 353 g/mol. The molecule has 2 atom stereocenters. The number of carbonyl (C=O) groups is 2. The third kappa shape index (κ3) is 3.57. The minimum Gasteiger partial charge on any atom is -0.493 e. The van der Waals surface area contributed by atoms with Gasteiger partial charge in [0.05, 0.1) is 12.5 Å². The topological polar surface area (TPSA) is 66.8 Å². The first-order chi connectivity index (χ1) is 12.5. The van der Waals surface area contributed by atoms with Gasteiger partial charge in [0.2, 0.25) is 0 Å². The molecule has 1 saturated heterocycles. The average Bonchev–Trinajstić information content (AvgIpc) is 3.04. The van der Waals surface area contributed by atoms with Crippen molar-refractivity contribution in [3.63, 3.8) is 0 Å². The standard InChI is InChI=1S/C21H23NO4/c1-3-26-19-10-5-4-9-17(19)15-7-6-8-16(11-15)20(23)22-12-14(2)18(13-22)21(24)25/h4-11,14,18H,3,12-13H2,1-2H3,(H,24,25)/t14-,18-/m1/s1. The van der Waals surface area contributed by atoms with Gasteiger partial charge in [0, 0.05) is 24.2 Å². The molecule has 1 amide bonds. The van der Waals surface area contributed by atoms with Gasteiger partial charge in [-0.05, 0) is 36.6 Å². The molecule has 26 heavy (non-hydrogen) atoms. The highest BCUT2D eigenvalue weighted by atomic mass is 16.5. The summed E-state index contributed by atoms with van der Waals surface area (Å²) < 4.78 is 5.69. The van der Waals surface area contributed by atoms with E-state index in [0.29, 0.717) is 18.7 Å². The van der Waals surface area contributed by atoms with Crippen molar-refractivity contribution in [2.75, 3.05) is 19.7 Å². The number of para-hydroxylation sites is 1. The third-order valence-electron chi connectivity index (χ3n) is 4.82. The fraction of sp³-hybridized carbons (Fsp3) is 0.333. The third-order valence-corrected chi connectivity index (χ3v) is 4.82. The van der Waals surface area contributed by atoms with Crippen molar-refractivity contribution in [1.82, 2.24) is 4.90 Å². The molecule has 3 rings (SSSR count). The summed E-state index contributed by atoms with van der Waals surface area (Å²) in [7, 11) is 0. The normalized spacial score (nSPS) is 19.4. The Hall–Kier alpha value is -2.82. The van der Waals surface area contributed by atoms with Gasteiger partial charge >= 0.3 is 5.97 Å². The number of carbonyl (C=O) groups excluding carboxylic acids is 1. The molecule has 0 saturated carbocycles. The quantitative estimate of drug-likeness (QED) is 0.893. The molecule has 2 aromatic carbocycles. The summed E-state index contributed by atoms with van der Waals surface area (Å²) in [5.41, 5.74) is 2.40. The molecule has 0 spiro atoms. The van der Waals surface area contributed by atoms with Crippen molar-refractivity contribution >= 4 is 11.9 Å². The van der Waals surface area contributed by atoms with Gasteiger partial charge < -0.3 is 14.7 Å². The zero-order chi connectivity index (χ0) is 18.7. The smallest absolute Gasteiger partial charge is 0.308 e. The first-order valence-electron chi connectivity index (χ1n) is 8.85. The van der Waals surface area contributed by atoms with Gasteiger partial charge in [0.15, 0.2) is 0 Å². The zero-order valence-electron chi connectivity index (χ0n) is 15.0. The van der Waals surface area contributed by atoms with E-state index in [1.807, 2.05) is 56.3 Å². The number of rotatable bonds is 5. The first kappa shape index (κ1) is 18.0. The Morgan fingerprint density at radius 1 is 1.15 bits per heavy atom. The zero-order valence-corrected chi connectivity index (χ0v) is 15.0. The maximum Gasteiger partial charge on any atom is 0.308 e. The molecule has 5 nitrogen and oxygen atoms in total. The van der Waals surface area contributed by atoms with Gasteiger partial charge in [0.1, 0.15) is 5.75 Å². The van der Waals surface area contributed by atoms with Crippen molar-refractivity contribution in [3.8, 4) is 16.9 Å². The summed E-state index contributed by atoms with van der Waals surface area (Å²) in [4.78, 5) is 25.8. The minimum absolute atomic E-state index is 0.0432. The monoisotopic (exact) mass is 353 g/mol. The second kappa shape index (κ2) is 7.60. The lowest BCUT2D eigenvalue weighted by atomic mass is 9.99. The molecule has 1 aliphatic heterocycles. The molecule has 5 heteroatoms. The van der Waals surface area contributed by atoms with Gasteiger partial charge in [-0.15, -0.1) is 0 Å². The van der Waals surface area contributed by atoms with Crippen LogP contribution in [0.1, 0.15) is 24.2 Å². The number of hydrogen-bond donors (Lipinski definition) is 1. The molecule has 1 aliphatic rings. The molecule has 136 valence electrons. The molecule has 0 radical (unpaired) electrons. The van der Waals surface area contributed by atoms with Crippen LogP contribution in [0.2, 0.25) is 0 Å². The van der Waals surface area contributed by atoms with E-state index in [9.17, 15) is 14.7 Å². The number of benzene rings is 2. The van der Waals surface area contributed by atoms with Crippen LogP contribution in [0.25, 0.3) is 11.1 Å². The van der Waals surface area contributed by atoms with Crippen LogP contribution < -0.4 is 4.74 Å². The van der Waals surface area contributed by atoms with Crippen molar-refractivity contribution in [2.45, 2.75) is 13.8 Å². The summed E-state index contributed by atoms with van der Waals surface area (Å²) in [5, 5.41) is 9.28. The van der Waals surface area contributed by atoms with E-state index in [4.69, 9.17) is 4.74 Å². The van der Waals surface area contributed by atoms with Gasteiger partial charge in [-0.2, -0.15) is 0 Å². The molecular formula is C21H23NO4. The lowest BCUT2D eigenvalue weighted by molar-refractivity contribution is -0.142. The number of aliphatic carboxylic acids is 1. The van der Waals surface area contributed by atoms with Crippen LogP contribution in [0, 0.1) is 11.8 Å². The van der Waals surface area contributed by atoms with Crippen LogP contribution in [0.4, 0.5) is 0 Å². The van der Waals surface area contributed by atoms with E-state index in [1.54, 1.807) is 11.0 Å². The fourth-order valence-electron chi connectivity index (χ4n) is 3.44. The fourth-order valence-corrected chi connectivity index (χ4v) is 3.44. The molecule has 0 bridgehead atoms. The predicted octanol–water partition coefficient (Wildman–Crippen LogP) is 3.55. The molecule has 1 N–H and O–H groups in total. The molecular weight excluding hydrogens is 330 g/mol. The van der Waals surface area contributed by atoms with E-state index < -0.39 is 11.9 Å². The van der Waals surface area contributed by atoms with Gasteiger partial charge in [0.25, 0.3) is 5.91 Å². The van der Waals surface area contributed by atoms with Gasteiger partial charge in [-0.1, -0.05) is 37.3 Å². The number of hydrogen-bond acceptors (Lipinski definition) is 3. The largest absolute Gasteiger partial charge is 0.493 e. The maximum atomic E-state index is 12.9. The van der Waals surface area contributed by atoms with E-state index >= 15 is 0 Å². The Morgan fingerprint density at radius 2 is 1.92 bits per heavy atom. The van der Waals surface area contributed by atoms with Crippen molar-refractivity contribution < 1.29 is 19.4 Å². The maximum absolute atomic E-state index is 12.9. The Kier molecular flexibility index (Phi) is 5.26. The second-order valence-corrected chi connectivity index (χ2v) is 6.64. The molecule has 1 heterocycles. The first-order valence-corrected chi connectivity index (χ1v) is 8.85. The van der Waals surface area contributed by atoms with Crippen molar-refractivity contribution in [3.05, 3.63) is 54.1 Å². The summed E-state index contributed by atoms with van der Waals surface area (Å²) in [6, 6.07) is 15.1. The number of carboxylic acids is 1. The van der Waals surface area contributed by atoms with Crippen molar-refractivity contribution in [1.29, 1.82) is 0 Å². The molecule has 0 aromatic heterocycles. The summed E-state index contributed by atoms with van der Waals surface area (Å²) >= 11 is 0. The summed E-state index contributed by atoms with van der Waals surface area (Å²) in [5.74, 6) is -0.733. The van der Waals surface area contributed by atoms with E-state index in [1.165, 1.54) is 0 Å². The van der Waals surface area contributed by atoms with Gasteiger partial charge in [-0.3, -0.25) is 9.59 Å². The molecule has 0 unspecified atom stereocenters. The second-order valence-electron chi connectivity index (χ2n) is 6.64. The highest BCUT2D eigenvalue weighted by Crippen LogP contribution is 2.31. The van der Waals surface area contributed by atoms with E-state index in [0.717, 1.165) is 16.9 Å². The lowest BCUT2D eigenvalue weighted by Gasteiger charge is -2.17. The Labute approximate surface area is 153 Å².